The van der Waals surface area contributed by atoms with Gasteiger partial charge in [0.2, 0.25) is 0 Å². The third kappa shape index (κ3) is 10.4. The fraction of sp³-hybridized carbons (Fsp3) is 0.480. The standard InChI is InChI=1S/C25H33N3O7/c1-34-23-11-13-24(14-12-23)35-16-10-8-6-4-2-3-5-7-9-15-26-25(29)20-17-21(27(30)31)19-22(18-20)28(32)33/h11-14,17-19H,2-10,15-16H2,1H3,(H,26,29). The van der Waals surface area contributed by atoms with Crippen molar-refractivity contribution in [3.8, 4) is 11.5 Å². The number of carbonyl (C=O) groups is 1. The first-order valence-corrected chi connectivity index (χ1v) is 11.9. The van der Waals surface area contributed by atoms with Crippen LogP contribution < -0.4 is 14.8 Å². The molecule has 0 spiro atoms. The number of hydrogen-bond acceptors (Lipinski definition) is 7. The Hall–Kier alpha value is -3.69. The minimum absolute atomic E-state index is 0.0831. The van der Waals surface area contributed by atoms with Crippen LogP contribution in [0.1, 0.15) is 68.1 Å². The number of non-ortho nitro benzene ring substituents is 2. The molecule has 1 amide bonds. The van der Waals surface area contributed by atoms with Crippen LogP contribution in [0.2, 0.25) is 0 Å². The molecule has 0 aromatic heterocycles. The SMILES string of the molecule is COc1ccc(OCCCCCCCCCCCNC(=O)c2cc([N+](=O)[O-])cc([N+](=O)[O-])c2)cc1. The maximum atomic E-state index is 12.2. The average Bonchev–Trinajstić information content (AvgIpc) is 2.86. The van der Waals surface area contributed by atoms with Crippen LogP contribution in [0.5, 0.6) is 11.5 Å². The minimum Gasteiger partial charge on any atom is -0.497 e. The molecular weight excluding hydrogens is 454 g/mol. The Balaban J connectivity index is 1.48. The number of nitrogens with zero attached hydrogens (tertiary/aromatic N) is 2. The second-order valence-electron chi connectivity index (χ2n) is 8.21. The maximum Gasteiger partial charge on any atom is 0.277 e. The normalized spacial score (nSPS) is 10.5. The van der Waals surface area contributed by atoms with Gasteiger partial charge >= 0.3 is 0 Å². The van der Waals surface area contributed by atoms with Crippen LogP contribution in [0.3, 0.4) is 0 Å². The Bertz CT molecular complexity index is 932. The van der Waals surface area contributed by atoms with E-state index in [1.165, 1.54) is 19.3 Å². The molecule has 0 aliphatic carbocycles. The first-order chi connectivity index (χ1) is 16.9. The van der Waals surface area contributed by atoms with Crippen molar-refractivity contribution in [3.63, 3.8) is 0 Å². The fourth-order valence-corrected chi connectivity index (χ4v) is 3.57. The van der Waals surface area contributed by atoms with E-state index >= 15 is 0 Å². The van der Waals surface area contributed by atoms with Crippen molar-refractivity contribution in [2.24, 2.45) is 0 Å². The van der Waals surface area contributed by atoms with Crippen LogP contribution in [0.15, 0.2) is 42.5 Å². The van der Waals surface area contributed by atoms with Crippen LogP contribution in [-0.2, 0) is 0 Å². The Morgan fingerprint density at radius 1 is 0.771 bits per heavy atom. The number of ether oxygens (including phenoxy) is 2. The van der Waals surface area contributed by atoms with E-state index in [9.17, 15) is 25.0 Å². The first kappa shape index (κ1) is 27.6. The number of nitro groups is 2. The fourth-order valence-electron chi connectivity index (χ4n) is 3.57. The average molecular weight is 488 g/mol. The second-order valence-corrected chi connectivity index (χ2v) is 8.21. The summed E-state index contributed by atoms with van der Waals surface area (Å²) in [6, 6.07) is 10.5. The van der Waals surface area contributed by atoms with Crippen molar-refractivity contribution in [2.45, 2.75) is 57.8 Å². The Morgan fingerprint density at radius 2 is 1.26 bits per heavy atom. The van der Waals surface area contributed by atoms with E-state index in [-0.39, 0.29) is 5.56 Å². The first-order valence-electron chi connectivity index (χ1n) is 11.9. The molecule has 2 aromatic carbocycles. The van der Waals surface area contributed by atoms with Crippen LogP contribution in [0, 0.1) is 20.2 Å². The van der Waals surface area contributed by atoms with Gasteiger partial charge in [0.25, 0.3) is 17.3 Å². The summed E-state index contributed by atoms with van der Waals surface area (Å²) in [5.74, 6) is 1.12. The van der Waals surface area contributed by atoms with Gasteiger partial charge in [-0.3, -0.25) is 25.0 Å². The summed E-state index contributed by atoms with van der Waals surface area (Å²) in [5.41, 5.74) is -1.04. The number of benzene rings is 2. The molecule has 0 radical (unpaired) electrons. The van der Waals surface area contributed by atoms with Gasteiger partial charge in [0, 0.05) is 18.7 Å². The molecule has 0 fully saturated rings. The Kier molecular flexibility index (Phi) is 12.0. The highest BCUT2D eigenvalue weighted by Crippen LogP contribution is 2.22. The number of nitrogens with one attached hydrogen (secondary N) is 1. The summed E-state index contributed by atoms with van der Waals surface area (Å²) < 4.78 is 10.8. The molecule has 0 aliphatic heterocycles. The third-order valence-corrected chi connectivity index (χ3v) is 5.52. The highest BCUT2D eigenvalue weighted by Gasteiger charge is 2.19. The number of amides is 1. The van der Waals surface area contributed by atoms with Crippen molar-refractivity contribution in [1.82, 2.24) is 5.32 Å². The number of rotatable bonds is 17. The summed E-state index contributed by atoms with van der Waals surface area (Å²) in [4.78, 5) is 32.6. The van der Waals surface area contributed by atoms with Gasteiger partial charge in [-0.25, -0.2) is 0 Å². The van der Waals surface area contributed by atoms with Gasteiger partial charge in [-0.15, -0.1) is 0 Å². The molecular formula is C25H33N3O7. The van der Waals surface area contributed by atoms with E-state index in [1.807, 2.05) is 24.3 Å². The van der Waals surface area contributed by atoms with Gasteiger partial charge < -0.3 is 14.8 Å². The lowest BCUT2D eigenvalue weighted by atomic mass is 10.1. The maximum absolute atomic E-state index is 12.2. The van der Waals surface area contributed by atoms with E-state index in [4.69, 9.17) is 9.47 Å². The summed E-state index contributed by atoms with van der Waals surface area (Å²) in [6.45, 7) is 1.13. The summed E-state index contributed by atoms with van der Waals surface area (Å²) in [6.07, 6.45) is 9.64. The monoisotopic (exact) mass is 487 g/mol. The molecule has 0 aliphatic rings. The van der Waals surface area contributed by atoms with E-state index in [2.05, 4.69) is 5.32 Å². The predicted molar refractivity (Wildman–Crippen MR) is 132 cm³/mol. The summed E-state index contributed by atoms with van der Waals surface area (Å²) in [7, 11) is 1.64. The van der Waals surface area contributed by atoms with E-state index in [0.29, 0.717) is 13.2 Å². The lowest BCUT2D eigenvalue weighted by Crippen LogP contribution is -2.24. The highest BCUT2D eigenvalue weighted by molar-refractivity contribution is 5.95. The zero-order valence-electron chi connectivity index (χ0n) is 20.1. The van der Waals surface area contributed by atoms with Gasteiger partial charge in [-0.2, -0.15) is 0 Å². The Morgan fingerprint density at radius 3 is 1.77 bits per heavy atom. The zero-order valence-corrected chi connectivity index (χ0v) is 20.1. The molecule has 0 saturated carbocycles. The van der Waals surface area contributed by atoms with Gasteiger partial charge in [0.1, 0.15) is 11.5 Å². The number of methoxy groups -OCH3 is 1. The number of nitro benzene ring substituents is 2. The predicted octanol–water partition coefficient (Wildman–Crippen LogP) is 5.83. The molecule has 10 nitrogen and oxygen atoms in total. The molecule has 0 unspecified atom stereocenters. The topological polar surface area (TPSA) is 134 Å². The summed E-state index contributed by atoms with van der Waals surface area (Å²) in [5, 5.41) is 24.6. The van der Waals surface area contributed by atoms with Gasteiger partial charge in [-0.05, 0) is 37.1 Å². The van der Waals surface area contributed by atoms with Crippen molar-refractivity contribution < 1.29 is 24.1 Å². The molecule has 190 valence electrons. The molecule has 2 aromatic rings. The van der Waals surface area contributed by atoms with Crippen LogP contribution in [-0.4, -0.2) is 36.0 Å². The summed E-state index contributed by atoms with van der Waals surface area (Å²) >= 11 is 0. The van der Waals surface area contributed by atoms with E-state index < -0.39 is 27.1 Å². The molecule has 2 rings (SSSR count). The number of carbonyl (C=O) groups excluding carboxylic acids is 1. The minimum atomic E-state index is -0.750. The van der Waals surface area contributed by atoms with Crippen molar-refractivity contribution >= 4 is 17.3 Å². The molecule has 10 heteroatoms. The Labute approximate surface area is 204 Å². The van der Waals surface area contributed by atoms with Gasteiger partial charge in [0.05, 0.1) is 35.2 Å². The van der Waals surface area contributed by atoms with Gasteiger partial charge in [0.15, 0.2) is 0 Å². The van der Waals surface area contributed by atoms with Crippen LogP contribution in [0.25, 0.3) is 0 Å². The van der Waals surface area contributed by atoms with Crippen molar-refractivity contribution in [1.29, 1.82) is 0 Å². The molecule has 0 heterocycles. The highest BCUT2D eigenvalue weighted by atomic mass is 16.6. The lowest BCUT2D eigenvalue weighted by Gasteiger charge is -2.07. The van der Waals surface area contributed by atoms with Gasteiger partial charge in [-0.1, -0.05) is 44.9 Å². The number of hydrogen-bond donors (Lipinski definition) is 1. The van der Waals surface area contributed by atoms with Crippen LogP contribution in [0.4, 0.5) is 11.4 Å². The molecule has 1 N–H and O–H groups in total. The lowest BCUT2D eigenvalue weighted by molar-refractivity contribution is -0.394. The van der Waals surface area contributed by atoms with E-state index in [1.54, 1.807) is 7.11 Å². The zero-order chi connectivity index (χ0) is 25.5. The second kappa shape index (κ2) is 15.3. The molecule has 0 saturated heterocycles. The van der Waals surface area contributed by atoms with E-state index in [0.717, 1.165) is 68.2 Å². The van der Waals surface area contributed by atoms with Crippen molar-refractivity contribution in [3.05, 3.63) is 68.3 Å². The number of unbranched alkanes of at least 4 members (excludes halogenated alkanes) is 8. The smallest absolute Gasteiger partial charge is 0.277 e. The van der Waals surface area contributed by atoms with Crippen molar-refractivity contribution in [2.75, 3.05) is 20.3 Å². The molecule has 35 heavy (non-hydrogen) atoms. The third-order valence-electron chi connectivity index (χ3n) is 5.52. The van der Waals surface area contributed by atoms with Crippen LogP contribution >= 0.6 is 0 Å². The largest absolute Gasteiger partial charge is 0.497 e. The molecule has 0 bridgehead atoms. The molecule has 0 atom stereocenters. The quantitative estimate of drug-likeness (QED) is 0.168.